The van der Waals surface area contributed by atoms with Gasteiger partial charge in [0.2, 0.25) is 0 Å². The van der Waals surface area contributed by atoms with Gasteiger partial charge in [-0.3, -0.25) is 0 Å². The fourth-order valence-corrected chi connectivity index (χ4v) is 7.94. The van der Waals surface area contributed by atoms with Crippen molar-refractivity contribution in [2.75, 3.05) is 9.80 Å². The molecule has 0 bridgehead atoms. The van der Waals surface area contributed by atoms with E-state index in [1.54, 1.807) is 0 Å². The van der Waals surface area contributed by atoms with Crippen molar-refractivity contribution in [3.05, 3.63) is 179 Å². The monoisotopic (exact) mass is 606 g/mol. The molecule has 2 unspecified atom stereocenters. The van der Waals surface area contributed by atoms with Gasteiger partial charge in [-0.05, 0) is 115 Å². The summed E-state index contributed by atoms with van der Waals surface area (Å²) in [5, 5.41) is 0. The fourth-order valence-electron chi connectivity index (χ4n) is 7.94. The maximum atomic E-state index is 2.53. The average Bonchev–Trinajstić information content (AvgIpc) is 3.95. The lowest BCUT2D eigenvalue weighted by molar-refractivity contribution is 0.878. The van der Waals surface area contributed by atoms with Gasteiger partial charge < -0.3 is 9.80 Å². The third-order valence-corrected chi connectivity index (χ3v) is 10.3. The zero-order chi connectivity index (χ0) is 31.2. The molecule has 0 saturated heterocycles. The van der Waals surface area contributed by atoms with Crippen molar-refractivity contribution >= 4 is 46.2 Å². The Bertz CT molecular complexity index is 2060. The Kier molecular flexibility index (Phi) is 7.00. The molecule has 1 saturated carbocycles. The van der Waals surface area contributed by atoms with Gasteiger partial charge >= 0.3 is 0 Å². The lowest BCUT2D eigenvalue weighted by Gasteiger charge is -2.32. The van der Waals surface area contributed by atoms with Crippen LogP contribution in [0.15, 0.2) is 151 Å². The second kappa shape index (κ2) is 11.8. The van der Waals surface area contributed by atoms with Gasteiger partial charge in [0.05, 0.1) is 11.4 Å². The smallest absolute Gasteiger partial charge is 0.0536 e. The molecule has 4 aliphatic rings. The van der Waals surface area contributed by atoms with E-state index in [2.05, 4.69) is 168 Å². The van der Waals surface area contributed by atoms with E-state index < -0.39 is 0 Å². The highest BCUT2D eigenvalue weighted by molar-refractivity contribution is 5.86. The van der Waals surface area contributed by atoms with E-state index in [0.717, 1.165) is 25.7 Å². The van der Waals surface area contributed by atoms with Crippen molar-refractivity contribution in [1.29, 1.82) is 0 Å². The third kappa shape index (κ3) is 5.05. The minimum Gasteiger partial charge on any atom is -0.313 e. The van der Waals surface area contributed by atoms with Crippen LogP contribution in [0.1, 0.15) is 47.1 Å². The minimum absolute atomic E-state index is 0.516. The molecule has 0 heterocycles. The second-order valence-electron chi connectivity index (χ2n) is 13.1. The SMILES string of the molecule is C1=Cc2c(cccc2N(C2=CC=C(c3ccc(N(c4ccccc4)c4cccc5c4C=CCC5)cc3)C3CC23)c2ccccc2)CC1. The summed E-state index contributed by atoms with van der Waals surface area (Å²) in [4.78, 5) is 4.94. The zero-order valence-electron chi connectivity index (χ0n) is 26.6. The predicted molar refractivity (Wildman–Crippen MR) is 199 cm³/mol. The summed E-state index contributed by atoms with van der Waals surface area (Å²) in [5.41, 5.74) is 15.9. The van der Waals surface area contributed by atoms with Crippen LogP contribution in [0.2, 0.25) is 0 Å². The molecule has 0 spiro atoms. The van der Waals surface area contributed by atoms with Gasteiger partial charge in [0.1, 0.15) is 0 Å². The van der Waals surface area contributed by atoms with Gasteiger partial charge in [0.15, 0.2) is 0 Å². The predicted octanol–water partition coefficient (Wildman–Crippen LogP) is 11.8. The van der Waals surface area contributed by atoms with Crippen LogP contribution >= 0.6 is 0 Å². The quantitative estimate of drug-likeness (QED) is 0.182. The molecule has 2 heteroatoms. The van der Waals surface area contributed by atoms with Crippen molar-refractivity contribution < 1.29 is 0 Å². The summed E-state index contributed by atoms with van der Waals surface area (Å²) >= 11 is 0. The van der Waals surface area contributed by atoms with E-state index in [-0.39, 0.29) is 0 Å². The Balaban J connectivity index is 1.08. The van der Waals surface area contributed by atoms with Crippen LogP contribution in [-0.4, -0.2) is 0 Å². The minimum atomic E-state index is 0.516. The first-order valence-electron chi connectivity index (χ1n) is 17.1. The first kappa shape index (κ1) is 27.9. The number of aryl methyl sites for hydroxylation is 2. The molecule has 9 rings (SSSR count). The van der Waals surface area contributed by atoms with E-state index in [4.69, 9.17) is 0 Å². The summed E-state index contributed by atoms with van der Waals surface area (Å²) in [6.07, 6.45) is 19.7. The van der Waals surface area contributed by atoms with Gasteiger partial charge in [0.25, 0.3) is 0 Å². The molecule has 0 aromatic heterocycles. The third-order valence-electron chi connectivity index (χ3n) is 10.3. The number of fused-ring (bicyclic) bond motifs is 3. The van der Waals surface area contributed by atoms with E-state index in [0.29, 0.717) is 11.8 Å². The first-order valence-corrected chi connectivity index (χ1v) is 17.1. The molecule has 47 heavy (non-hydrogen) atoms. The first-order chi connectivity index (χ1) is 23.3. The zero-order valence-corrected chi connectivity index (χ0v) is 26.6. The van der Waals surface area contributed by atoms with Crippen LogP contribution in [0.3, 0.4) is 0 Å². The Morgan fingerprint density at radius 1 is 0.468 bits per heavy atom. The summed E-state index contributed by atoms with van der Waals surface area (Å²) in [7, 11) is 0. The molecule has 1 fully saturated rings. The van der Waals surface area contributed by atoms with Gasteiger partial charge in [0, 0.05) is 39.8 Å². The maximum Gasteiger partial charge on any atom is 0.0536 e. The Labute approximate surface area is 278 Å². The molecule has 0 radical (unpaired) electrons. The summed E-state index contributed by atoms with van der Waals surface area (Å²) in [5.74, 6) is 1.06. The Morgan fingerprint density at radius 2 is 1.02 bits per heavy atom. The highest BCUT2D eigenvalue weighted by Gasteiger charge is 2.46. The molecule has 2 atom stereocenters. The molecule has 0 amide bonds. The van der Waals surface area contributed by atoms with E-state index in [1.807, 2.05) is 0 Å². The Morgan fingerprint density at radius 3 is 1.64 bits per heavy atom. The lowest BCUT2D eigenvalue weighted by atomic mass is 9.92. The molecule has 0 aliphatic heterocycles. The number of anilines is 5. The van der Waals surface area contributed by atoms with Crippen LogP contribution in [0.25, 0.3) is 17.7 Å². The van der Waals surface area contributed by atoms with E-state index in [1.165, 1.54) is 73.9 Å². The second-order valence-corrected chi connectivity index (χ2v) is 13.1. The maximum absolute atomic E-state index is 2.53. The summed E-state index contributed by atoms with van der Waals surface area (Å²) in [6, 6.07) is 44.6. The molecular formula is C45H38N2. The lowest BCUT2D eigenvalue weighted by Crippen LogP contribution is -2.21. The molecule has 228 valence electrons. The van der Waals surface area contributed by atoms with Crippen molar-refractivity contribution in [2.45, 2.75) is 32.1 Å². The number of allylic oxidation sites excluding steroid dienone is 6. The summed E-state index contributed by atoms with van der Waals surface area (Å²) < 4.78 is 0. The highest BCUT2D eigenvalue weighted by Crippen LogP contribution is 2.57. The van der Waals surface area contributed by atoms with E-state index >= 15 is 0 Å². The molecule has 0 N–H and O–H groups in total. The number of benzene rings is 5. The van der Waals surface area contributed by atoms with Crippen molar-refractivity contribution in [1.82, 2.24) is 0 Å². The average molecular weight is 607 g/mol. The van der Waals surface area contributed by atoms with Gasteiger partial charge in [-0.2, -0.15) is 0 Å². The molecule has 5 aromatic carbocycles. The van der Waals surface area contributed by atoms with Gasteiger partial charge in [-0.25, -0.2) is 0 Å². The normalized spacial score (nSPS) is 18.7. The molecule has 2 nitrogen and oxygen atoms in total. The number of para-hydroxylation sites is 2. The fraction of sp³-hybridized carbons (Fsp3) is 0.156. The number of hydrogen-bond donors (Lipinski definition) is 0. The van der Waals surface area contributed by atoms with Crippen LogP contribution in [0.4, 0.5) is 28.4 Å². The molecule has 5 aromatic rings. The van der Waals surface area contributed by atoms with Crippen LogP contribution in [0.5, 0.6) is 0 Å². The highest BCUT2D eigenvalue weighted by atomic mass is 15.2. The number of nitrogens with zero attached hydrogens (tertiary/aromatic N) is 2. The largest absolute Gasteiger partial charge is 0.313 e. The van der Waals surface area contributed by atoms with Crippen molar-refractivity contribution in [2.24, 2.45) is 11.8 Å². The van der Waals surface area contributed by atoms with Crippen molar-refractivity contribution in [3.8, 4) is 0 Å². The Hall–Kier alpha value is -5.34. The summed E-state index contributed by atoms with van der Waals surface area (Å²) in [6.45, 7) is 0. The van der Waals surface area contributed by atoms with Crippen LogP contribution < -0.4 is 9.80 Å². The van der Waals surface area contributed by atoms with E-state index in [9.17, 15) is 0 Å². The standard InChI is InChI=1S/C45H38N2/c1-3-17-35(18-4-1)46(43-23-11-15-32-13-7-9-21-39(32)43)37-27-25-34(26-28-37)38-29-30-45(42-31-41(38)42)47(36-19-5-2-6-20-36)44-24-12-16-33-14-8-10-22-40(33)44/h1-6,9-12,15-30,41-42H,7-8,13-14,31H2. The van der Waals surface area contributed by atoms with Crippen molar-refractivity contribution in [3.63, 3.8) is 0 Å². The van der Waals surface area contributed by atoms with Gasteiger partial charge in [-0.15, -0.1) is 0 Å². The van der Waals surface area contributed by atoms with Crippen LogP contribution in [0, 0.1) is 11.8 Å². The van der Waals surface area contributed by atoms with Crippen LogP contribution in [-0.2, 0) is 12.8 Å². The number of rotatable bonds is 7. The topological polar surface area (TPSA) is 6.48 Å². The molecular weight excluding hydrogens is 569 g/mol. The number of hydrogen-bond acceptors (Lipinski definition) is 2. The molecule has 4 aliphatic carbocycles. The van der Waals surface area contributed by atoms with Gasteiger partial charge in [-0.1, -0.05) is 103 Å².